The number of nitrogens with zero attached hydrogens (tertiary/aromatic N) is 1. The fraction of sp³-hybridized carbons (Fsp3) is 0.250. The number of halogens is 2. The van der Waals surface area contributed by atoms with Crippen molar-refractivity contribution in [3.8, 4) is 0 Å². The Morgan fingerprint density at radius 3 is 2.33 bits per heavy atom. The summed E-state index contributed by atoms with van der Waals surface area (Å²) in [6.45, 7) is 2.05. The molecule has 0 heterocycles. The Labute approximate surface area is 86.8 Å². The number of hydrogen-bond acceptors (Lipinski definition) is 1. The molecule has 71 valence electrons. The third-order valence-electron chi connectivity index (χ3n) is 1.59. The van der Waals surface area contributed by atoms with Gasteiger partial charge in [0.05, 0.1) is 0 Å². The van der Waals surface area contributed by atoms with Gasteiger partial charge in [-0.05, 0) is 0 Å². The summed E-state index contributed by atoms with van der Waals surface area (Å²) in [5.74, 6) is 0. The number of hydrogen-bond donors (Lipinski definition) is 0. The van der Waals surface area contributed by atoms with E-state index in [0.717, 1.165) is 5.69 Å². The van der Waals surface area contributed by atoms with Crippen molar-refractivity contribution in [3.63, 3.8) is 0 Å². The minimum atomic E-state index is -1.54. The Morgan fingerprint density at radius 2 is 1.83 bits per heavy atom. The summed E-state index contributed by atoms with van der Waals surface area (Å²) in [6, 6.07) is 8.06. The molecule has 0 unspecified atom stereocenters. The van der Waals surface area contributed by atoms with Crippen LogP contribution < -0.4 is 3.53 Å². The molecule has 0 aliphatic rings. The molecular weight excluding hydrogens is 287 g/mol. The van der Waals surface area contributed by atoms with Crippen LogP contribution in [0.3, 0.4) is 0 Å². The van der Waals surface area contributed by atoms with E-state index in [4.69, 9.17) is 19.1 Å². The molecule has 1 nitrogen and oxygen atoms in total. The van der Waals surface area contributed by atoms with Gasteiger partial charge in [-0.1, -0.05) is 0 Å². The van der Waals surface area contributed by atoms with Crippen LogP contribution in [0.4, 0.5) is 5.69 Å². The molecule has 0 saturated heterocycles. The van der Waals surface area contributed by atoms with Crippen LogP contribution in [0.5, 0.6) is 0 Å². The van der Waals surface area contributed by atoms with Crippen molar-refractivity contribution in [2.75, 3.05) is 10.6 Å². The first-order valence-electron chi connectivity index (χ1n) is 3.38. The van der Waals surface area contributed by atoms with Crippen molar-refractivity contribution in [2.24, 2.45) is 0 Å². The van der Waals surface area contributed by atoms with E-state index in [-0.39, 0.29) is 0 Å². The number of benzene rings is 1. The van der Waals surface area contributed by atoms with Crippen molar-refractivity contribution < 1.29 is 15.0 Å². The number of aryl methyl sites for hydroxylation is 1. The van der Waals surface area contributed by atoms with Crippen LogP contribution >= 0.6 is 19.1 Å². The molecule has 1 aromatic carbocycles. The molecular formula is C8H10Cl2NPd. The molecule has 0 amide bonds. The molecule has 0 aliphatic heterocycles. The van der Waals surface area contributed by atoms with E-state index in [1.807, 2.05) is 41.8 Å². The zero-order chi connectivity index (χ0) is 9.14. The van der Waals surface area contributed by atoms with Crippen LogP contribution in [0, 0.1) is 6.92 Å². The van der Waals surface area contributed by atoms with Crippen molar-refractivity contribution in [1.82, 2.24) is 0 Å². The molecule has 0 atom stereocenters. The molecule has 0 aliphatic carbocycles. The van der Waals surface area contributed by atoms with Gasteiger partial charge in [-0.25, -0.2) is 0 Å². The summed E-state index contributed by atoms with van der Waals surface area (Å²) in [7, 11) is 13.6. The fourth-order valence-corrected chi connectivity index (χ4v) is 2.31. The third kappa shape index (κ3) is 2.37. The van der Waals surface area contributed by atoms with Crippen LogP contribution in [0.2, 0.25) is 0 Å². The zero-order valence-electron chi connectivity index (χ0n) is 6.83. The topological polar surface area (TPSA) is 3.24 Å². The Hall–Kier alpha value is 0.262. The Bertz CT molecular complexity index is 265. The van der Waals surface area contributed by atoms with E-state index in [1.54, 1.807) is 0 Å². The summed E-state index contributed by atoms with van der Waals surface area (Å²) in [6.07, 6.45) is 0. The first-order valence-corrected chi connectivity index (χ1v) is 8.08. The zero-order valence-corrected chi connectivity index (χ0v) is 9.90. The van der Waals surface area contributed by atoms with Gasteiger partial charge in [0.1, 0.15) is 0 Å². The van der Waals surface area contributed by atoms with Crippen molar-refractivity contribution in [3.05, 3.63) is 29.8 Å². The number of para-hydroxylation sites is 1. The van der Waals surface area contributed by atoms with Crippen LogP contribution in [0.1, 0.15) is 5.56 Å². The summed E-state index contributed by atoms with van der Waals surface area (Å²) in [5.41, 5.74) is 2.32. The predicted molar refractivity (Wildman–Crippen MR) is 51.3 cm³/mol. The molecule has 0 fully saturated rings. The quantitative estimate of drug-likeness (QED) is 0.757. The first kappa shape index (κ1) is 10.3. The molecule has 1 aromatic rings. The van der Waals surface area contributed by atoms with Crippen LogP contribution in [-0.2, 0) is 15.0 Å². The molecule has 0 spiro atoms. The van der Waals surface area contributed by atoms with Gasteiger partial charge in [0, 0.05) is 0 Å². The first-order chi connectivity index (χ1) is 5.63. The van der Waals surface area contributed by atoms with Crippen molar-refractivity contribution in [2.45, 2.75) is 6.92 Å². The third-order valence-corrected chi connectivity index (χ3v) is 4.65. The normalized spacial score (nSPS) is 11.2. The van der Waals surface area contributed by atoms with Gasteiger partial charge in [0.25, 0.3) is 0 Å². The Kier molecular flexibility index (Phi) is 3.87. The van der Waals surface area contributed by atoms with Gasteiger partial charge < -0.3 is 0 Å². The van der Waals surface area contributed by atoms with Crippen LogP contribution in [-0.4, -0.2) is 7.05 Å². The molecule has 0 N–H and O–H groups in total. The van der Waals surface area contributed by atoms with Gasteiger partial charge in [-0.2, -0.15) is 0 Å². The predicted octanol–water partition coefficient (Wildman–Crippen LogP) is 3.27. The molecule has 12 heavy (non-hydrogen) atoms. The molecule has 0 bridgehead atoms. The Balaban J connectivity index is 2.94. The second-order valence-corrected chi connectivity index (χ2v) is 7.57. The van der Waals surface area contributed by atoms with Gasteiger partial charge in [0.2, 0.25) is 0 Å². The summed E-state index contributed by atoms with van der Waals surface area (Å²) >= 11 is -1.54. The van der Waals surface area contributed by atoms with Gasteiger partial charge in [0.15, 0.2) is 0 Å². The number of anilines is 1. The Morgan fingerprint density at radius 1 is 1.25 bits per heavy atom. The average molecular weight is 298 g/mol. The summed E-state index contributed by atoms with van der Waals surface area (Å²) in [4.78, 5) is 0. The minimum absolute atomic E-state index is 1.11. The van der Waals surface area contributed by atoms with Gasteiger partial charge in [-0.3, -0.25) is 0 Å². The molecule has 0 radical (unpaired) electrons. The van der Waals surface area contributed by atoms with E-state index in [1.165, 1.54) is 5.56 Å². The number of rotatable bonds is 2. The van der Waals surface area contributed by atoms with Crippen molar-refractivity contribution in [1.29, 1.82) is 0 Å². The fourth-order valence-electron chi connectivity index (χ4n) is 0.951. The molecule has 0 aromatic heterocycles. The van der Waals surface area contributed by atoms with E-state index in [9.17, 15) is 0 Å². The second-order valence-electron chi connectivity index (χ2n) is 2.37. The SMILES string of the molecule is Cc1ccccc1[N](C)[Pd]([Cl])[Cl]. The monoisotopic (exact) mass is 296 g/mol. The van der Waals surface area contributed by atoms with Crippen molar-refractivity contribution >= 4 is 24.7 Å². The van der Waals surface area contributed by atoms with E-state index >= 15 is 0 Å². The molecule has 1 rings (SSSR count). The summed E-state index contributed by atoms with van der Waals surface area (Å²) in [5, 5.41) is 0. The van der Waals surface area contributed by atoms with E-state index < -0.39 is 15.0 Å². The average Bonchev–Trinajstić information content (AvgIpc) is 2.04. The van der Waals surface area contributed by atoms with Gasteiger partial charge >= 0.3 is 87.0 Å². The molecule has 4 heteroatoms. The van der Waals surface area contributed by atoms with Gasteiger partial charge in [-0.15, -0.1) is 0 Å². The van der Waals surface area contributed by atoms with Crippen LogP contribution in [0.25, 0.3) is 0 Å². The summed E-state index contributed by atoms with van der Waals surface area (Å²) < 4.78 is 1.93. The van der Waals surface area contributed by atoms with E-state index in [0.29, 0.717) is 0 Å². The molecule has 0 saturated carbocycles. The van der Waals surface area contributed by atoms with E-state index in [2.05, 4.69) is 0 Å². The van der Waals surface area contributed by atoms with Crippen LogP contribution in [0.15, 0.2) is 24.3 Å². The second kappa shape index (κ2) is 4.48. The maximum absolute atomic E-state index is 5.84. The maximum atomic E-state index is 5.84. The standard InChI is InChI=1S/C8H10N.2ClH.Pd/c1-7-5-3-4-6-8(7)9-2;;;/h3-6H,1-2H3;2*1H;/q-1;;;+3/p-2.